The lowest BCUT2D eigenvalue weighted by molar-refractivity contribution is -0.141. The summed E-state index contributed by atoms with van der Waals surface area (Å²) in [5.41, 5.74) is 4.42. The van der Waals surface area contributed by atoms with E-state index in [2.05, 4.69) is 19.8 Å². The van der Waals surface area contributed by atoms with E-state index in [1.54, 1.807) is 19.1 Å². The van der Waals surface area contributed by atoms with Crippen LogP contribution in [0, 0.1) is 6.92 Å². The Labute approximate surface area is 210 Å². The molecule has 37 heavy (non-hydrogen) atoms. The van der Waals surface area contributed by atoms with Crippen molar-refractivity contribution in [3.8, 4) is 11.3 Å². The predicted molar refractivity (Wildman–Crippen MR) is 128 cm³/mol. The highest BCUT2D eigenvalue weighted by molar-refractivity contribution is 7.93. The highest BCUT2D eigenvalue weighted by atomic mass is 32.2. The fraction of sp³-hybridized carbons (Fsp3) is 0.409. The fourth-order valence-electron chi connectivity index (χ4n) is 3.66. The van der Waals surface area contributed by atoms with Crippen molar-refractivity contribution in [2.24, 2.45) is 17.1 Å². The first-order valence-corrected chi connectivity index (χ1v) is 12.9. The van der Waals surface area contributed by atoms with Gasteiger partial charge >= 0.3 is 6.18 Å². The first-order valence-electron chi connectivity index (χ1n) is 11.0. The molecule has 1 unspecified atom stereocenters. The van der Waals surface area contributed by atoms with Gasteiger partial charge in [-0.2, -0.15) is 18.3 Å². The molecule has 1 amide bonds. The van der Waals surface area contributed by atoms with Crippen LogP contribution < -0.4 is 11.1 Å². The monoisotopic (exact) mass is 547 g/mol. The SMILES string of the molecule is Cc1cc(NC(=O)c2ncc(-c3cn(CC(F)F)nc3C(F)(F)F)n2C)ccc1S(C)(=O)=NCCCN. The molecule has 0 radical (unpaired) electrons. The Bertz CT molecular complexity index is 1400. The van der Waals surface area contributed by atoms with Crippen LogP contribution in [0.2, 0.25) is 0 Å². The van der Waals surface area contributed by atoms with Gasteiger partial charge in [0, 0.05) is 31.7 Å². The van der Waals surface area contributed by atoms with Crippen molar-refractivity contribution in [2.75, 3.05) is 24.7 Å². The van der Waals surface area contributed by atoms with Crippen LogP contribution in [0.4, 0.5) is 27.6 Å². The number of benzene rings is 1. The minimum absolute atomic E-state index is 0.130. The lowest BCUT2D eigenvalue weighted by Crippen LogP contribution is -2.17. The average molecular weight is 548 g/mol. The molecule has 9 nitrogen and oxygen atoms in total. The second-order valence-corrected chi connectivity index (χ2v) is 10.6. The Morgan fingerprint density at radius 1 is 1.30 bits per heavy atom. The number of halogens is 5. The maximum Gasteiger partial charge on any atom is 0.435 e. The second kappa shape index (κ2) is 11.0. The normalized spacial score (nSPS) is 13.6. The van der Waals surface area contributed by atoms with E-state index in [0.717, 1.165) is 17.0 Å². The number of imidazole rings is 1. The van der Waals surface area contributed by atoms with Gasteiger partial charge in [0.15, 0.2) is 11.5 Å². The van der Waals surface area contributed by atoms with Crippen LogP contribution in [0.1, 0.15) is 28.3 Å². The van der Waals surface area contributed by atoms with Crippen molar-refractivity contribution in [3.63, 3.8) is 0 Å². The minimum atomic E-state index is -4.91. The molecular formula is C22H26F5N7O2S. The average Bonchev–Trinajstić information content (AvgIpc) is 3.36. The third-order valence-electron chi connectivity index (χ3n) is 5.36. The van der Waals surface area contributed by atoms with Gasteiger partial charge in [-0.15, -0.1) is 0 Å². The number of aryl methyl sites for hydroxylation is 1. The van der Waals surface area contributed by atoms with Crippen molar-refractivity contribution in [3.05, 3.63) is 47.7 Å². The van der Waals surface area contributed by atoms with E-state index in [-0.39, 0.29) is 11.5 Å². The molecular weight excluding hydrogens is 521 g/mol. The summed E-state index contributed by atoms with van der Waals surface area (Å²) in [6, 6.07) is 4.70. The number of aromatic nitrogens is 4. The molecule has 3 N–H and O–H groups in total. The standard InChI is InChI=1S/C22H26F5N7O2S/c1-13-9-14(5-6-17(13)37(3,36)30-8-4-7-28)31-21(35)20-29-10-16(33(20)2)15-11-34(12-18(23)24)32-19(15)22(25,26)27/h5-6,9-11,18H,4,7-8,12,28H2,1-3H3,(H,31,35). The molecule has 0 saturated heterocycles. The molecule has 0 spiro atoms. The molecule has 15 heteroatoms. The molecule has 0 saturated carbocycles. The van der Waals surface area contributed by atoms with Crippen LogP contribution in [0.5, 0.6) is 0 Å². The van der Waals surface area contributed by atoms with Gasteiger partial charge in [0.2, 0.25) is 0 Å². The molecule has 0 fully saturated rings. The molecule has 1 aromatic carbocycles. The number of nitrogens with two attached hydrogens (primary N) is 1. The van der Waals surface area contributed by atoms with Crippen molar-refractivity contribution in [1.82, 2.24) is 19.3 Å². The Hall–Kier alpha value is -3.33. The number of alkyl halides is 5. The number of hydrogen-bond acceptors (Lipinski definition) is 6. The molecule has 0 aliphatic rings. The lowest BCUT2D eigenvalue weighted by Gasteiger charge is -2.12. The lowest BCUT2D eigenvalue weighted by atomic mass is 10.2. The van der Waals surface area contributed by atoms with Crippen molar-refractivity contribution >= 4 is 21.3 Å². The summed E-state index contributed by atoms with van der Waals surface area (Å²) in [6.45, 7) is 1.46. The Balaban J connectivity index is 1.88. The first kappa shape index (κ1) is 28.2. The van der Waals surface area contributed by atoms with Gasteiger partial charge in [-0.3, -0.25) is 9.48 Å². The van der Waals surface area contributed by atoms with Gasteiger partial charge in [0.25, 0.3) is 12.3 Å². The van der Waals surface area contributed by atoms with Crippen LogP contribution >= 0.6 is 0 Å². The van der Waals surface area contributed by atoms with Crippen LogP contribution in [0.25, 0.3) is 11.3 Å². The zero-order valence-electron chi connectivity index (χ0n) is 20.2. The van der Waals surface area contributed by atoms with Gasteiger partial charge < -0.3 is 15.6 Å². The smallest absolute Gasteiger partial charge is 0.330 e. The number of nitrogens with one attached hydrogen (secondary N) is 1. The quantitative estimate of drug-likeness (QED) is 0.311. The molecule has 3 aromatic rings. The van der Waals surface area contributed by atoms with E-state index in [9.17, 15) is 31.0 Å². The van der Waals surface area contributed by atoms with E-state index >= 15 is 0 Å². The van der Waals surface area contributed by atoms with Gasteiger partial charge in [-0.1, -0.05) is 0 Å². The number of rotatable bonds is 9. The zero-order valence-corrected chi connectivity index (χ0v) is 21.0. The van der Waals surface area contributed by atoms with Crippen molar-refractivity contribution in [2.45, 2.75) is 37.4 Å². The van der Waals surface area contributed by atoms with Crippen LogP contribution in [-0.4, -0.2) is 55.2 Å². The van der Waals surface area contributed by atoms with Gasteiger partial charge in [0.1, 0.15) is 6.54 Å². The third-order valence-corrected chi connectivity index (χ3v) is 7.31. The maximum absolute atomic E-state index is 13.5. The zero-order chi connectivity index (χ0) is 27.5. The van der Waals surface area contributed by atoms with E-state index in [0.29, 0.717) is 40.3 Å². The maximum atomic E-state index is 13.5. The molecule has 0 bridgehead atoms. The molecule has 0 aliphatic heterocycles. The number of anilines is 1. The summed E-state index contributed by atoms with van der Waals surface area (Å²) in [5, 5.41) is 5.86. The Morgan fingerprint density at radius 2 is 2.00 bits per heavy atom. The van der Waals surface area contributed by atoms with E-state index < -0.39 is 46.0 Å². The minimum Gasteiger partial charge on any atom is -0.330 e. The Kier molecular flexibility index (Phi) is 8.37. The number of carbonyl (C=O) groups excluding carboxylic acids is 1. The van der Waals surface area contributed by atoms with E-state index in [1.807, 2.05) is 0 Å². The highest BCUT2D eigenvalue weighted by Gasteiger charge is 2.38. The highest BCUT2D eigenvalue weighted by Crippen LogP contribution is 2.36. The Morgan fingerprint density at radius 3 is 2.59 bits per heavy atom. The fourth-order valence-corrected chi connectivity index (χ4v) is 5.26. The van der Waals surface area contributed by atoms with Crippen LogP contribution in [-0.2, 0) is 29.5 Å². The summed E-state index contributed by atoms with van der Waals surface area (Å²) in [4.78, 5) is 17.3. The van der Waals surface area contributed by atoms with Crippen molar-refractivity contribution in [1.29, 1.82) is 0 Å². The van der Waals surface area contributed by atoms with E-state index in [4.69, 9.17) is 5.73 Å². The van der Waals surface area contributed by atoms with Crippen LogP contribution in [0.3, 0.4) is 0 Å². The number of carbonyl (C=O) groups is 1. The van der Waals surface area contributed by atoms with E-state index in [1.165, 1.54) is 19.4 Å². The van der Waals surface area contributed by atoms with Crippen LogP contribution in [0.15, 0.2) is 39.9 Å². The van der Waals surface area contributed by atoms with Gasteiger partial charge in [-0.05, 0) is 43.7 Å². The number of amides is 1. The summed E-state index contributed by atoms with van der Waals surface area (Å²) >= 11 is 0. The summed E-state index contributed by atoms with van der Waals surface area (Å²) in [7, 11) is -1.35. The summed E-state index contributed by atoms with van der Waals surface area (Å²) < 4.78 is 84.7. The van der Waals surface area contributed by atoms with Gasteiger partial charge in [-0.25, -0.2) is 22.3 Å². The van der Waals surface area contributed by atoms with Crippen molar-refractivity contribution < 1.29 is 31.0 Å². The van der Waals surface area contributed by atoms with Gasteiger partial charge in [0.05, 0.1) is 32.1 Å². The molecule has 0 aliphatic carbocycles. The largest absolute Gasteiger partial charge is 0.435 e. The summed E-state index contributed by atoms with van der Waals surface area (Å²) in [6.07, 6.45) is -3.83. The molecule has 2 aromatic heterocycles. The predicted octanol–water partition coefficient (Wildman–Crippen LogP) is 3.93. The topological polar surface area (TPSA) is 120 Å². The third kappa shape index (κ3) is 6.52. The second-order valence-electron chi connectivity index (χ2n) is 8.26. The number of hydrogen-bond donors (Lipinski definition) is 2. The molecule has 1 atom stereocenters. The number of nitrogens with zero attached hydrogens (tertiary/aromatic N) is 5. The molecule has 2 heterocycles. The molecule has 3 rings (SSSR count). The molecule has 202 valence electrons. The summed E-state index contributed by atoms with van der Waals surface area (Å²) in [5.74, 6) is -0.943. The first-order chi connectivity index (χ1) is 17.2.